The number of benzene rings is 2. The molecule has 0 radical (unpaired) electrons. The SMILES string of the molecule is C/C(=C\C(=O)Cl)c1ccc(OCCc2ccccc2)c(C(=O)O)c1. The zero-order valence-electron chi connectivity index (χ0n) is 13.2. The molecule has 0 aliphatic carbocycles. The van der Waals surface area contributed by atoms with Gasteiger partial charge in [0.2, 0.25) is 5.24 Å². The summed E-state index contributed by atoms with van der Waals surface area (Å²) in [7, 11) is 0. The van der Waals surface area contributed by atoms with Crippen LogP contribution in [-0.4, -0.2) is 22.9 Å². The fourth-order valence-corrected chi connectivity index (χ4v) is 2.41. The average Bonchev–Trinajstić information content (AvgIpc) is 2.55. The second-order valence-electron chi connectivity index (χ2n) is 5.23. The summed E-state index contributed by atoms with van der Waals surface area (Å²) in [5.41, 5.74) is 2.37. The Labute approximate surface area is 145 Å². The second-order valence-corrected chi connectivity index (χ2v) is 5.60. The normalized spacial score (nSPS) is 11.2. The molecular weight excluding hydrogens is 328 g/mol. The fourth-order valence-electron chi connectivity index (χ4n) is 2.25. The zero-order chi connectivity index (χ0) is 17.5. The van der Waals surface area contributed by atoms with Crippen LogP contribution in [0.1, 0.15) is 28.4 Å². The fraction of sp³-hybridized carbons (Fsp3) is 0.158. The molecule has 2 rings (SSSR count). The van der Waals surface area contributed by atoms with Gasteiger partial charge < -0.3 is 9.84 Å². The van der Waals surface area contributed by atoms with Gasteiger partial charge in [0.25, 0.3) is 0 Å². The molecule has 5 heteroatoms. The lowest BCUT2D eigenvalue weighted by atomic mass is 10.0. The minimum Gasteiger partial charge on any atom is -0.492 e. The quantitative estimate of drug-likeness (QED) is 0.604. The van der Waals surface area contributed by atoms with Crippen LogP contribution in [0.5, 0.6) is 5.75 Å². The number of allylic oxidation sites excluding steroid dienone is 2. The molecule has 2 aromatic rings. The van der Waals surface area contributed by atoms with Crippen LogP contribution in [0.25, 0.3) is 5.57 Å². The third-order valence-corrected chi connectivity index (χ3v) is 3.60. The van der Waals surface area contributed by atoms with E-state index in [0.717, 1.165) is 5.56 Å². The Balaban J connectivity index is 2.15. The summed E-state index contributed by atoms with van der Waals surface area (Å²) in [6, 6.07) is 14.6. The van der Waals surface area contributed by atoms with Gasteiger partial charge in [-0.3, -0.25) is 4.79 Å². The monoisotopic (exact) mass is 344 g/mol. The molecule has 24 heavy (non-hydrogen) atoms. The van der Waals surface area contributed by atoms with Gasteiger partial charge in [-0.25, -0.2) is 4.79 Å². The molecule has 2 aromatic carbocycles. The van der Waals surface area contributed by atoms with Crippen molar-refractivity contribution < 1.29 is 19.4 Å². The molecule has 4 nitrogen and oxygen atoms in total. The Morgan fingerprint density at radius 3 is 2.50 bits per heavy atom. The summed E-state index contributed by atoms with van der Waals surface area (Å²) in [6.07, 6.45) is 1.93. The summed E-state index contributed by atoms with van der Waals surface area (Å²) < 4.78 is 5.62. The van der Waals surface area contributed by atoms with Gasteiger partial charge in [0.1, 0.15) is 11.3 Å². The van der Waals surface area contributed by atoms with E-state index in [9.17, 15) is 14.7 Å². The summed E-state index contributed by atoms with van der Waals surface area (Å²) in [5, 5.41) is 8.77. The lowest BCUT2D eigenvalue weighted by molar-refractivity contribution is -0.107. The first-order valence-corrected chi connectivity index (χ1v) is 7.77. The van der Waals surface area contributed by atoms with Crippen molar-refractivity contribution in [1.29, 1.82) is 0 Å². The van der Waals surface area contributed by atoms with E-state index < -0.39 is 11.2 Å². The van der Waals surface area contributed by atoms with Crippen molar-refractivity contribution in [3.8, 4) is 5.75 Å². The molecule has 0 fully saturated rings. The van der Waals surface area contributed by atoms with Crippen molar-refractivity contribution in [2.45, 2.75) is 13.3 Å². The minimum absolute atomic E-state index is 0.0512. The maximum Gasteiger partial charge on any atom is 0.339 e. The summed E-state index contributed by atoms with van der Waals surface area (Å²) in [6.45, 7) is 2.07. The van der Waals surface area contributed by atoms with Gasteiger partial charge in [-0.15, -0.1) is 0 Å². The predicted octanol–water partition coefficient (Wildman–Crippen LogP) is 4.18. The highest BCUT2D eigenvalue weighted by atomic mass is 35.5. The van der Waals surface area contributed by atoms with Crippen LogP contribution in [0, 0.1) is 0 Å². The number of carbonyl (C=O) groups is 2. The van der Waals surface area contributed by atoms with E-state index >= 15 is 0 Å². The molecule has 0 unspecified atom stereocenters. The van der Waals surface area contributed by atoms with Crippen LogP contribution in [-0.2, 0) is 11.2 Å². The molecule has 1 N–H and O–H groups in total. The largest absolute Gasteiger partial charge is 0.492 e. The number of ether oxygens (including phenoxy) is 1. The predicted molar refractivity (Wildman–Crippen MR) is 93.6 cm³/mol. The number of carboxylic acids is 1. The molecule has 124 valence electrons. The summed E-state index contributed by atoms with van der Waals surface area (Å²) >= 11 is 5.33. The summed E-state index contributed by atoms with van der Waals surface area (Å²) in [4.78, 5) is 22.4. The highest BCUT2D eigenvalue weighted by Crippen LogP contribution is 2.24. The van der Waals surface area contributed by atoms with Crippen LogP contribution < -0.4 is 4.74 Å². The lowest BCUT2D eigenvalue weighted by Crippen LogP contribution is -2.07. The van der Waals surface area contributed by atoms with E-state index in [4.69, 9.17) is 16.3 Å². The molecule has 0 atom stereocenters. The van der Waals surface area contributed by atoms with Crippen LogP contribution in [0.4, 0.5) is 0 Å². The van der Waals surface area contributed by atoms with Crippen LogP contribution >= 0.6 is 11.6 Å². The van der Waals surface area contributed by atoms with Gasteiger partial charge >= 0.3 is 5.97 Å². The Morgan fingerprint density at radius 1 is 1.17 bits per heavy atom. The van der Waals surface area contributed by atoms with Crippen LogP contribution in [0.3, 0.4) is 0 Å². The van der Waals surface area contributed by atoms with Gasteiger partial charge in [0.15, 0.2) is 0 Å². The minimum atomic E-state index is -1.09. The number of carboxylic acid groups (broad SMARTS) is 1. The number of hydrogen-bond donors (Lipinski definition) is 1. The van der Waals surface area contributed by atoms with Crippen molar-refractivity contribution in [3.63, 3.8) is 0 Å². The van der Waals surface area contributed by atoms with Crippen LogP contribution in [0.2, 0.25) is 0 Å². The topological polar surface area (TPSA) is 63.6 Å². The Hall–Kier alpha value is -2.59. The third kappa shape index (κ3) is 4.96. The molecule has 0 saturated carbocycles. The average molecular weight is 345 g/mol. The maximum absolute atomic E-state index is 11.5. The maximum atomic E-state index is 11.5. The number of rotatable bonds is 7. The number of halogens is 1. The molecule has 0 saturated heterocycles. The van der Waals surface area contributed by atoms with Crippen molar-refractivity contribution in [3.05, 3.63) is 71.3 Å². The van der Waals surface area contributed by atoms with E-state index in [0.29, 0.717) is 29.9 Å². The molecule has 0 heterocycles. The first-order valence-electron chi connectivity index (χ1n) is 7.39. The van der Waals surface area contributed by atoms with Gasteiger partial charge in [0, 0.05) is 12.5 Å². The lowest BCUT2D eigenvalue weighted by Gasteiger charge is -2.11. The standard InChI is InChI=1S/C19H17ClO4/c1-13(11-18(20)21)15-7-8-17(16(12-15)19(22)23)24-10-9-14-5-3-2-4-6-14/h2-8,11-12H,9-10H2,1H3,(H,22,23)/b13-11+. The van der Waals surface area contributed by atoms with Crippen molar-refractivity contribution in [1.82, 2.24) is 0 Å². The van der Waals surface area contributed by atoms with E-state index in [-0.39, 0.29) is 5.56 Å². The smallest absolute Gasteiger partial charge is 0.339 e. The molecule has 0 spiro atoms. The van der Waals surface area contributed by atoms with Crippen molar-refractivity contribution in [2.75, 3.05) is 6.61 Å². The highest BCUT2D eigenvalue weighted by Gasteiger charge is 2.13. The Kier molecular flexibility index (Phi) is 6.15. The first kappa shape index (κ1) is 17.8. The van der Waals surface area contributed by atoms with Gasteiger partial charge in [0.05, 0.1) is 6.61 Å². The van der Waals surface area contributed by atoms with Gasteiger partial charge in [-0.1, -0.05) is 36.4 Å². The molecule has 0 aliphatic heterocycles. The van der Waals surface area contributed by atoms with E-state index in [1.54, 1.807) is 19.1 Å². The van der Waals surface area contributed by atoms with Gasteiger partial charge in [-0.2, -0.15) is 0 Å². The molecule has 0 aliphatic rings. The number of carbonyl (C=O) groups excluding carboxylic acids is 1. The van der Waals surface area contributed by atoms with E-state index in [1.165, 1.54) is 12.1 Å². The number of hydrogen-bond acceptors (Lipinski definition) is 3. The number of aromatic carboxylic acids is 1. The zero-order valence-corrected chi connectivity index (χ0v) is 13.9. The highest BCUT2D eigenvalue weighted by molar-refractivity contribution is 6.67. The van der Waals surface area contributed by atoms with Crippen LogP contribution in [0.15, 0.2) is 54.6 Å². The van der Waals surface area contributed by atoms with Crippen molar-refractivity contribution >= 4 is 28.4 Å². The molecule has 0 bridgehead atoms. The third-order valence-electron chi connectivity index (χ3n) is 3.49. The van der Waals surface area contributed by atoms with Gasteiger partial charge in [-0.05, 0) is 47.4 Å². The Bertz CT molecular complexity index is 766. The molecular formula is C19H17ClO4. The second kappa shape index (κ2) is 8.31. The summed E-state index contributed by atoms with van der Waals surface area (Å²) in [5.74, 6) is -0.788. The van der Waals surface area contributed by atoms with E-state index in [1.807, 2.05) is 30.3 Å². The first-order chi connectivity index (χ1) is 11.5. The Morgan fingerprint density at radius 2 is 1.88 bits per heavy atom. The van der Waals surface area contributed by atoms with E-state index in [2.05, 4.69) is 0 Å². The molecule has 0 aromatic heterocycles. The van der Waals surface area contributed by atoms with Crippen molar-refractivity contribution in [2.24, 2.45) is 0 Å². The molecule has 0 amide bonds.